The lowest BCUT2D eigenvalue weighted by atomic mass is 9.85. The van der Waals surface area contributed by atoms with Gasteiger partial charge in [0.05, 0.1) is 29.6 Å². The Kier molecular flexibility index (Phi) is 10.9. The van der Waals surface area contributed by atoms with E-state index in [0.29, 0.717) is 25.0 Å². The number of thiophene rings is 1. The lowest BCUT2D eigenvalue weighted by molar-refractivity contribution is -0.140. The maximum Gasteiger partial charge on any atom is 0.305 e. The molecule has 0 aromatic carbocycles. The Morgan fingerprint density at radius 3 is 2.61 bits per heavy atom. The summed E-state index contributed by atoms with van der Waals surface area (Å²) in [5.74, 6) is 0.668. The standard InChI is InChI=1S/C21H34O5S2/c1-26-20(25)8-5-3-2-4-7-16-17(19(24)13-18(16)23)11-10-15(22)14-28-21-9-6-12-27-21/h6,9,12,15-19,22-24H,2-5,7-8,10-11,13-14H2,1H3/t15?,16-,17-,18+,19-/m1/s1. The second-order valence-corrected chi connectivity index (χ2v) is 9.97. The van der Waals surface area contributed by atoms with E-state index < -0.39 is 18.3 Å². The van der Waals surface area contributed by atoms with Crippen LogP contribution in [-0.4, -0.2) is 52.5 Å². The molecule has 0 saturated heterocycles. The van der Waals surface area contributed by atoms with Gasteiger partial charge < -0.3 is 20.1 Å². The molecule has 7 heteroatoms. The molecule has 1 aliphatic rings. The largest absolute Gasteiger partial charge is 0.469 e. The molecule has 0 spiro atoms. The molecule has 1 aromatic heterocycles. The van der Waals surface area contributed by atoms with E-state index in [-0.39, 0.29) is 17.8 Å². The van der Waals surface area contributed by atoms with E-state index in [1.807, 2.05) is 11.4 Å². The molecule has 1 unspecified atom stereocenters. The third-order valence-electron chi connectivity index (χ3n) is 5.66. The Labute approximate surface area is 176 Å². The highest BCUT2D eigenvalue weighted by Gasteiger charge is 2.40. The van der Waals surface area contributed by atoms with Gasteiger partial charge in [-0.25, -0.2) is 0 Å². The second kappa shape index (κ2) is 12.9. The molecule has 0 amide bonds. The van der Waals surface area contributed by atoms with Gasteiger partial charge in [-0.15, -0.1) is 23.1 Å². The third kappa shape index (κ3) is 8.03. The number of carbonyl (C=O) groups is 1. The molecular formula is C21H34O5S2. The van der Waals surface area contributed by atoms with Gasteiger partial charge in [0.2, 0.25) is 0 Å². The average molecular weight is 431 g/mol. The van der Waals surface area contributed by atoms with Crippen molar-refractivity contribution in [1.29, 1.82) is 0 Å². The number of methoxy groups -OCH3 is 1. The van der Waals surface area contributed by atoms with Gasteiger partial charge in [0.25, 0.3) is 0 Å². The summed E-state index contributed by atoms with van der Waals surface area (Å²) < 4.78 is 5.85. The molecule has 1 aliphatic carbocycles. The molecule has 0 bridgehead atoms. The molecule has 160 valence electrons. The number of carbonyl (C=O) groups excluding carboxylic acids is 1. The molecule has 0 radical (unpaired) electrons. The monoisotopic (exact) mass is 430 g/mol. The number of esters is 1. The van der Waals surface area contributed by atoms with Crippen molar-refractivity contribution in [2.75, 3.05) is 12.9 Å². The highest BCUT2D eigenvalue weighted by Crippen LogP contribution is 2.39. The van der Waals surface area contributed by atoms with Crippen LogP contribution < -0.4 is 0 Å². The Morgan fingerprint density at radius 2 is 1.93 bits per heavy atom. The molecular weight excluding hydrogens is 396 g/mol. The smallest absolute Gasteiger partial charge is 0.305 e. The van der Waals surface area contributed by atoms with Crippen molar-refractivity contribution in [3.8, 4) is 0 Å². The number of hydrogen-bond acceptors (Lipinski definition) is 7. The van der Waals surface area contributed by atoms with E-state index in [9.17, 15) is 20.1 Å². The average Bonchev–Trinajstić information content (AvgIpc) is 3.29. The van der Waals surface area contributed by atoms with E-state index in [1.54, 1.807) is 23.1 Å². The number of hydrogen-bond donors (Lipinski definition) is 3. The first-order chi connectivity index (χ1) is 13.5. The number of aliphatic hydroxyl groups excluding tert-OH is 3. The molecule has 0 aliphatic heterocycles. The summed E-state index contributed by atoms with van der Waals surface area (Å²) in [6.07, 6.45) is 5.69. The van der Waals surface area contributed by atoms with Gasteiger partial charge in [0.1, 0.15) is 0 Å². The van der Waals surface area contributed by atoms with Crippen LogP contribution in [0.3, 0.4) is 0 Å². The van der Waals surface area contributed by atoms with E-state index in [2.05, 4.69) is 10.8 Å². The van der Waals surface area contributed by atoms with E-state index >= 15 is 0 Å². The molecule has 2 rings (SSSR count). The number of thioether (sulfide) groups is 1. The summed E-state index contributed by atoms with van der Waals surface area (Å²) in [6, 6.07) is 4.07. The summed E-state index contributed by atoms with van der Waals surface area (Å²) in [6.45, 7) is 0. The van der Waals surface area contributed by atoms with Gasteiger partial charge in [-0.3, -0.25) is 4.79 Å². The first-order valence-corrected chi connectivity index (χ1v) is 12.1. The first kappa shape index (κ1) is 23.7. The third-order valence-corrected chi connectivity index (χ3v) is 7.94. The van der Waals surface area contributed by atoms with E-state index in [1.165, 1.54) is 11.3 Å². The van der Waals surface area contributed by atoms with Gasteiger partial charge in [-0.1, -0.05) is 25.3 Å². The zero-order chi connectivity index (χ0) is 20.4. The molecule has 28 heavy (non-hydrogen) atoms. The SMILES string of the molecule is COC(=O)CCCCCC[C@@H]1[C@@H](CCC(O)CSc2cccs2)[C@H](O)C[C@@H]1O. The normalized spacial score (nSPS) is 25.7. The Hall–Kier alpha value is -0.600. The molecule has 5 atom stereocenters. The number of ether oxygens (including phenoxy) is 1. The van der Waals surface area contributed by atoms with Gasteiger partial charge in [-0.05, 0) is 55.4 Å². The molecule has 1 heterocycles. The predicted molar refractivity (Wildman–Crippen MR) is 114 cm³/mol. The van der Waals surface area contributed by atoms with Crippen LogP contribution in [0, 0.1) is 11.8 Å². The number of rotatable bonds is 13. The van der Waals surface area contributed by atoms with Crippen molar-refractivity contribution in [1.82, 2.24) is 0 Å². The highest BCUT2D eigenvalue weighted by molar-refractivity contribution is 8.01. The number of aliphatic hydroxyl groups is 3. The van der Waals surface area contributed by atoms with Crippen LogP contribution in [0.4, 0.5) is 0 Å². The topological polar surface area (TPSA) is 87.0 Å². The van der Waals surface area contributed by atoms with Crippen molar-refractivity contribution in [3.05, 3.63) is 17.5 Å². The van der Waals surface area contributed by atoms with Gasteiger partial charge >= 0.3 is 5.97 Å². The van der Waals surface area contributed by atoms with Crippen molar-refractivity contribution >= 4 is 29.1 Å². The maximum absolute atomic E-state index is 11.1. The minimum absolute atomic E-state index is 0.0615. The minimum atomic E-state index is -0.475. The predicted octanol–water partition coefficient (Wildman–Crippen LogP) is 3.85. The zero-order valence-electron chi connectivity index (χ0n) is 16.7. The molecule has 1 saturated carbocycles. The van der Waals surface area contributed by atoms with Crippen molar-refractivity contribution in [2.45, 2.75) is 80.3 Å². The fourth-order valence-corrected chi connectivity index (χ4v) is 5.87. The van der Waals surface area contributed by atoms with Crippen LogP contribution in [0.5, 0.6) is 0 Å². The highest BCUT2D eigenvalue weighted by atomic mass is 32.2. The van der Waals surface area contributed by atoms with Crippen LogP contribution in [0.1, 0.15) is 57.8 Å². The lowest BCUT2D eigenvalue weighted by Gasteiger charge is -2.24. The Morgan fingerprint density at radius 1 is 1.21 bits per heavy atom. The molecule has 1 aromatic rings. The summed E-state index contributed by atoms with van der Waals surface area (Å²) >= 11 is 3.35. The molecule has 1 fully saturated rings. The summed E-state index contributed by atoms with van der Waals surface area (Å²) in [5, 5.41) is 33.0. The zero-order valence-corrected chi connectivity index (χ0v) is 18.3. The Bertz CT molecular complexity index is 551. The van der Waals surface area contributed by atoms with Gasteiger partial charge in [-0.2, -0.15) is 0 Å². The fourth-order valence-electron chi connectivity index (χ4n) is 4.08. The van der Waals surface area contributed by atoms with Crippen LogP contribution in [0.2, 0.25) is 0 Å². The van der Waals surface area contributed by atoms with Crippen LogP contribution in [-0.2, 0) is 9.53 Å². The van der Waals surface area contributed by atoms with E-state index in [0.717, 1.165) is 38.5 Å². The summed E-state index contributed by atoms with van der Waals surface area (Å²) in [4.78, 5) is 11.1. The minimum Gasteiger partial charge on any atom is -0.469 e. The molecule has 5 nitrogen and oxygen atoms in total. The lowest BCUT2D eigenvalue weighted by Crippen LogP contribution is -2.24. The van der Waals surface area contributed by atoms with Crippen molar-refractivity contribution < 1.29 is 24.9 Å². The first-order valence-electron chi connectivity index (χ1n) is 10.3. The maximum atomic E-state index is 11.1. The van der Waals surface area contributed by atoms with Crippen LogP contribution in [0.25, 0.3) is 0 Å². The summed E-state index contributed by atoms with van der Waals surface area (Å²) in [5.41, 5.74) is 0. The Balaban J connectivity index is 1.66. The van der Waals surface area contributed by atoms with Gasteiger partial charge in [0.15, 0.2) is 0 Å². The van der Waals surface area contributed by atoms with Crippen LogP contribution in [0.15, 0.2) is 21.7 Å². The summed E-state index contributed by atoms with van der Waals surface area (Å²) in [7, 11) is 1.41. The van der Waals surface area contributed by atoms with Crippen molar-refractivity contribution in [3.63, 3.8) is 0 Å². The fraction of sp³-hybridized carbons (Fsp3) is 0.762. The van der Waals surface area contributed by atoms with Crippen molar-refractivity contribution in [2.24, 2.45) is 11.8 Å². The number of unbranched alkanes of at least 4 members (excludes halogenated alkanes) is 3. The van der Waals surface area contributed by atoms with Crippen LogP contribution >= 0.6 is 23.1 Å². The molecule has 3 N–H and O–H groups in total. The van der Waals surface area contributed by atoms with E-state index in [4.69, 9.17) is 0 Å². The second-order valence-electron chi connectivity index (χ2n) is 7.70. The quantitative estimate of drug-likeness (QED) is 0.250. The van der Waals surface area contributed by atoms with Gasteiger partial charge in [0, 0.05) is 12.2 Å².